The molecule has 0 unspecified atom stereocenters. The van der Waals surface area contributed by atoms with Gasteiger partial charge in [-0.2, -0.15) is 0 Å². The number of H-pyrrole nitrogens is 1. The summed E-state index contributed by atoms with van der Waals surface area (Å²) in [6.07, 6.45) is 0. The molecule has 0 saturated carbocycles. The van der Waals surface area contributed by atoms with Crippen molar-refractivity contribution in [2.45, 2.75) is 27.7 Å². The third-order valence-electron chi connectivity index (χ3n) is 3.17. The number of hydrogen-bond acceptors (Lipinski definition) is 4. The summed E-state index contributed by atoms with van der Waals surface area (Å²) in [5.74, 6) is -0.542. The van der Waals surface area contributed by atoms with Gasteiger partial charge in [0, 0.05) is 5.56 Å². The van der Waals surface area contributed by atoms with Crippen molar-refractivity contribution in [3.8, 4) is 0 Å². The highest BCUT2D eigenvalue weighted by molar-refractivity contribution is 5.96. The monoisotopic (exact) mass is 278 g/mol. The molecule has 0 aliphatic heterocycles. The molecule has 1 aromatic carbocycles. The van der Waals surface area contributed by atoms with Crippen LogP contribution in [-0.4, -0.2) is 35.3 Å². The summed E-state index contributed by atoms with van der Waals surface area (Å²) >= 11 is 0. The topological polar surface area (TPSA) is 66.3 Å². The van der Waals surface area contributed by atoms with Crippen LogP contribution in [0.25, 0.3) is 11.1 Å². The van der Waals surface area contributed by atoms with Crippen molar-refractivity contribution in [1.82, 2.24) is 9.88 Å². The van der Waals surface area contributed by atoms with E-state index in [0.717, 1.165) is 0 Å². The van der Waals surface area contributed by atoms with Crippen LogP contribution in [0, 0.1) is 0 Å². The minimum Gasteiger partial charge on any atom is -0.408 e. The van der Waals surface area contributed by atoms with Crippen LogP contribution in [0.3, 0.4) is 0 Å². The lowest BCUT2D eigenvalue weighted by molar-refractivity contribution is 0.101. The number of fused-ring (bicyclic) bond motifs is 1. The highest BCUT2D eigenvalue weighted by atomic mass is 16.4. The van der Waals surface area contributed by atoms with Gasteiger partial charge in [0.25, 0.3) is 0 Å². The first-order valence-corrected chi connectivity index (χ1v) is 6.87. The summed E-state index contributed by atoms with van der Waals surface area (Å²) in [4.78, 5) is 26.6. The smallest absolute Gasteiger partial charge is 0.408 e. The van der Waals surface area contributed by atoms with Crippen molar-refractivity contribution < 1.29 is 9.21 Å². The zero-order valence-electron chi connectivity index (χ0n) is 12.5. The normalized spacial score (nSPS) is 10.4. The van der Waals surface area contributed by atoms with Gasteiger partial charge in [-0.1, -0.05) is 20.8 Å². The molecule has 0 aliphatic rings. The Hall–Kier alpha value is -1.88. The predicted octanol–water partition coefficient (Wildman–Crippen LogP) is 2.67. The molecule has 0 amide bonds. The van der Waals surface area contributed by atoms with Gasteiger partial charge in [-0.15, -0.1) is 0 Å². The van der Waals surface area contributed by atoms with Crippen LogP contribution in [0.5, 0.6) is 0 Å². The standard InChI is InChI=1S/C9H7NO3.C6H15N/c1-5(11)6-2-3-8-7(4-6)10-9(12)13-8;1-4-7(5-2)6-3/h2-4H,1H3,(H,10,12);4-6H2,1-3H3. The molecule has 2 aromatic rings. The molecule has 110 valence electrons. The molecule has 0 saturated heterocycles. The van der Waals surface area contributed by atoms with Gasteiger partial charge in [0.2, 0.25) is 0 Å². The lowest BCUT2D eigenvalue weighted by atomic mass is 10.1. The molecule has 20 heavy (non-hydrogen) atoms. The van der Waals surface area contributed by atoms with Crippen molar-refractivity contribution in [1.29, 1.82) is 0 Å². The number of rotatable bonds is 4. The van der Waals surface area contributed by atoms with Gasteiger partial charge < -0.3 is 9.32 Å². The molecule has 1 aromatic heterocycles. The quantitative estimate of drug-likeness (QED) is 0.873. The van der Waals surface area contributed by atoms with Gasteiger partial charge in [-0.25, -0.2) is 4.79 Å². The number of carbonyl (C=O) groups is 1. The van der Waals surface area contributed by atoms with E-state index < -0.39 is 5.76 Å². The van der Waals surface area contributed by atoms with Crippen LogP contribution in [-0.2, 0) is 0 Å². The van der Waals surface area contributed by atoms with Crippen molar-refractivity contribution in [3.63, 3.8) is 0 Å². The molecular formula is C15H22N2O3. The molecule has 2 rings (SSSR count). The summed E-state index contributed by atoms with van der Waals surface area (Å²) in [5, 5.41) is 0. The van der Waals surface area contributed by atoms with Gasteiger partial charge in [-0.3, -0.25) is 9.78 Å². The first kappa shape index (κ1) is 16.2. The van der Waals surface area contributed by atoms with Crippen LogP contribution >= 0.6 is 0 Å². The number of carbonyl (C=O) groups excluding carboxylic acids is 1. The number of nitrogens with zero attached hydrogens (tertiary/aromatic N) is 1. The number of Topliss-reactive ketones (excluding diaryl/α,β-unsaturated/α-hetero) is 1. The largest absolute Gasteiger partial charge is 0.417 e. The highest BCUT2D eigenvalue weighted by Gasteiger charge is 2.04. The van der Waals surface area contributed by atoms with Crippen molar-refractivity contribution >= 4 is 16.9 Å². The number of nitrogens with one attached hydrogen (secondary N) is 1. The van der Waals surface area contributed by atoms with Crippen LogP contribution in [0.2, 0.25) is 0 Å². The summed E-state index contributed by atoms with van der Waals surface area (Å²) in [6.45, 7) is 11.6. The molecule has 0 fully saturated rings. The van der Waals surface area contributed by atoms with E-state index in [4.69, 9.17) is 4.42 Å². The SMILES string of the molecule is CC(=O)c1ccc2oc(=O)[nH]c2c1.CCN(CC)CC. The number of hydrogen-bond donors (Lipinski definition) is 1. The van der Waals surface area contributed by atoms with Crippen LogP contribution in [0.15, 0.2) is 27.4 Å². The number of oxazole rings is 1. The zero-order chi connectivity index (χ0) is 15.1. The second-order valence-electron chi connectivity index (χ2n) is 4.40. The second kappa shape index (κ2) is 7.65. The third kappa shape index (κ3) is 4.35. The van der Waals surface area contributed by atoms with Gasteiger partial charge in [0.15, 0.2) is 11.4 Å². The van der Waals surface area contributed by atoms with E-state index in [1.165, 1.54) is 26.6 Å². The molecule has 1 heterocycles. The van der Waals surface area contributed by atoms with Crippen molar-refractivity contribution in [3.05, 3.63) is 34.3 Å². The fraction of sp³-hybridized carbons (Fsp3) is 0.467. The maximum Gasteiger partial charge on any atom is 0.417 e. The summed E-state index contributed by atoms with van der Waals surface area (Å²) in [7, 11) is 0. The minimum absolute atomic E-state index is 0.0380. The summed E-state index contributed by atoms with van der Waals surface area (Å²) in [5.41, 5.74) is 1.58. The Labute approximate surface area is 118 Å². The fourth-order valence-electron chi connectivity index (χ4n) is 1.84. The molecule has 5 heteroatoms. The summed E-state index contributed by atoms with van der Waals surface area (Å²) < 4.78 is 4.78. The Bertz CT molecular complexity index is 603. The van der Waals surface area contributed by atoms with E-state index in [1.807, 2.05) is 0 Å². The Balaban J connectivity index is 0.000000246. The van der Waals surface area contributed by atoms with Gasteiger partial charge in [0.1, 0.15) is 0 Å². The fourth-order valence-corrected chi connectivity index (χ4v) is 1.84. The van der Waals surface area contributed by atoms with E-state index in [2.05, 4.69) is 30.7 Å². The molecule has 0 radical (unpaired) electrons. The Morgan fingerprint density at radius 2 is 1.80 bits per heavy atom. The molecule has 5 nitrogen and oxygen atoms in total. The van der Waals surface area contributed by atoms with E-state index in [0.29, 0.717) is 16.7 Å². The van der Waals surface area contributed by atoms with E-state index in [9.17, 15) is 9.59 Å². The van der Waals surface area contributed by atoms with Crippen LogP contribution in [0.4, 0.5) is 0 Å². The third-order valence-corrected chi connectivity index (χ3v) is 3.17. The Kier molecular flexibility index (Phi) is 6.18. The Morgan fingerprint density at radius 1 is 1.20 bits per heavy atom. The first-order valence-electron chi connectivity index (χ1n) is 6.87. The number of aromatic nitrogens is 1. The van der Waals surface area contributed by atoms with Gasteiger partial charge in [-0.05, 0) is 44.8 Å². The molecule has 0 bridgehead atoms. The first-order chi connectivity index (χ1) is 9.51. The van der Waals surface area contributed by atoms with Gasteiger partial charge >= 0.3 is 5.76 Å². The molecule has 1 N–H and O–H groups in total. The second-order valence-corrected chi connectivity index (χ2v) is 4.40. The molecule has 0 spiro atoms. The number of aromatic amines is 1. The zero-order valence-corrected chi connectivity index (χ0v) is 12.5. The maximum absolute atomic E-state index is 11.0. The number of ketones is 1. The maximum atomic E-state index is 11.0. The van der Waals surface area contributed by atoms with E-state index in [1.54, 1.807) is 18.2 Å². The average molecular weight is 278 g/mol. The molecular weight excluding hydrogens is 256 g/mol. The van der Waals surface area contributed by atoms with Crippen molar-refractivity contribution in [2.24, 2.45) is 0 Å². The average Bonchev–Trinajstić information content (AvgIpc) is 2.80. The van der Waals surface area contributed by atoms with Crippen molar-refractivity contribution in [2.75, 3.05) is 19.6 Å². The van der Waals surface area contributed by atoms with Crippen LogP contribution < -0.4 is 5.76 Å². The lowest BCUT2D eigenvalue weighted by Crippen LogP contribution is -2.21. The van der Waals surface area contributed by atoms with Gasteiger partial charge in [0.05, 0.1) is 5.52 Å². The Morgan fingerprint density at radius 3 is 2.25 bits per heavy atom. The minimum atomic E-state index is -0.504. The van der Waals surface area contributed by atoms with Crippen LogP contribution in [0.1, 0.15) is 38.1 Å². The number of benzene rings is 1. The molecule has 0 aliphatic carbocycles. The van der Waals surface area contributed by atoms with E-state index in [-0.39, 0.29) is 5.78 Å². The van der Waals surface area contributed by atoms with E-state index >= 15 is 0 Å². The highest BCUT2D eigenvalue weighted by Crippen LogP contribution is 2.12. The molecule has 0 atom stereocenters. The predicted molar refractivity (Wildman–Crippen MR) is 80.3 cm³/mol. The summed E-state index contributed by atoms with van der Waals surface area (Å²) in [6, 6.07) is 4.83. The lowest BCUT2D eigenvalue weighted by Gasteiger charge is -2.13.